The summed E-state index contributed by atoms with van der Waals surface area (Å²) in [6.45, 7) is 3.98. The number of nitrogens with zero attached hydrogens (tertiary/aromatic N) is 4. The van der Waals surface area contributed by atoms with Crippen LogP contribution in [0.1, 0.15) is 43.0 Å². The van der Waals surface area contributed by atoms with Crippen LogP contribution in [0.15, 0.2) is 65.8 Å². The van der Waals surface area contributed by atoms with Gasteiger partial charge in [-0.1, -0.05) is 60.3 Å². The predicted molar refractivity (Wildman–Crippen MR) is 141 cm³/mol. The van der Waals surface area contributed by atoms with Crippen LogP contribution >= 0.6 is 11.8 Å². The molecule has 0 amide bonds. The summed E-state index contributed by atoms with van der Waals surface area (Å²) in [6.07, 6.45) is 9.24. The van der Waals surface area contributed by atoms with Gasteiger partial charge in [-0.05, 0) is 56.5 Å². The number of rotatable bonds is 9. The third kappa shape index (κ3) is 6.15. The van der Waals surface area contributed by atoms with E-state index in [9.17, 15) is 0 Å². The molecule has 0 radical (unpaired) electrons. The lowest BCUT2D eigenvalue weighted by molar-refractivity contribution is 0.129. The minimum Gasteiger partial charge on any atom is -0.497 e. The van der Waals surface area contributed by atoms with E-state index in [1.165, 1.54) is 5.56 Å². The number of methoxy groups -OCH3 is 1. The number of benzene rings is 2. The lowest BCUT2D eigenvalue weighted by atomic mass is 9.95. The Hall–Kier alpha value is -2.61. The van der Waals surface area contributed by atoms with Gasteiger partial charge in [-0.25, -0.2) is 0 Å². The van der Waals surface area contributed by atoms with E-state index in [0.29, 0.717) is 12.0 Å². The lowest BCUT2D eigenvalue weighted by Crippen LogP contribution is -2.33. The molecule has 5 rings (SSSR count). The fourth-order valence-electron chi connectivity index (χ4n) is 4.85. The van der Waals surface area contributed by atoms with Crippen molar-refractivity contribution < 1.29 is 9.47 Å². The topological polar surface area (TPSA) is 52.4 Å². The molecule has 2 fully saturated rings. The van der Waals surface area contributed by atoms with Crippen molar-refractivity contribution in [3.05, 3.63) is 72.1 Å². The molecule has 35 heavy (non-hydrogen) atoms. The quantitative estimate of drug-likeness (QED) is 0.372. The molecule has 2 aromatic carbocycles. The van der Waals surface area contributed by atoms with Gasteiger partial charge >= 0.3 is 0 Å². The minimum absolute atomic E-state index is 0.311. The van der Waals surface area contributed by atoms with Crippen LogP contribution in [0.4, 0.5) is 0 Å². The first kappa shape index (κ1) is 24.1. The second-order valence-electron chi connectivity index (χ2n) is 9.21. The lowest BCUT2D eigenvalue weighted by Gasteiger charge is -2.31. The summed E-state index contributed by atoms with van der Waals surface area (Å²) in [5, 5.41) is 10.3. The second-order valence-corrected chi connectivity index (χ2v) is 10.2. The molecule has 2 aliphatic rings. The largest absolute Gasteiger partial charge is 0.497 e. The van der Waals surface area contributed by atoms with E-state index in [0.717, 1.165) is 80.1 Å². The molecule has 2 saturated heterocycles. The van der Waals surface area contributed by atoms with E-state index in [1.807, 2.05) is 12.1 Å². The first-order valence-electron chi connectivity index (χ1n) is 12.6. The number of likely N-dealkylation sites (tertiary alicyclic amines) is 1. The third-order valence-electron chi connectivity index (χ3n) is 6.82. The Kier molecular flexibility index (Phi) is 8.18. The van der Waals surface area contributed by atoms with Crippen LogP contribution in [-0.4, -0.2) is 64.9 Å². The van der Waals surface area contributed by atoms with E-state index >= 15 is 0 Å². The number of hydrogen-bond donors (Lipinski definition) is 0. The summed E-state index contributed by atoms with van der Waals surface area (Å²) in [5.74, 6) is 3.21. The predicted octanol–water partition coefficient (Wildman–Crippen LogP) is 5.44. The summed E-state index contributed by atoms with van der Waals surface area (Å²) >= 11 is 1.75. The summed E-state index contributed by atoms with van der Waals surface area (Å²) in [4.78, 5) is 2.52. The van der Waals surface area contributed by atoms with E-state index in [1.54, 1.807) is 18.9 Å². The highest BCUT2D eigenvalue weighted by Crippen LogP contribution is 2.33. The van der Waals surface area contributed by atoms with Crippen LogP contribution in [0.3, 0.4) is 0 Å². The van der Waals surface area contributed by atoms with E-state index in [4.69, 9.17) is 14.6 Å². The van der Waals surface area contributed by atoms with Gasteiger partial charge in [-0.15, -0.1) is 10.2 Å². The maximum absolute atomic E-state index is 5.84. The maximum Gasteiger partial charge on any atom is 0.195 e. The van der Waals surface area contributed by atoms with Crippen LogP contribution in [0.25, 0.3) is 11.8 Å². The third-order valence-corrected chi connectivity index (χ3v) is 7.88. The van der Waals surface area contributed by atoms with Gasteiger partial charge in [-0.3, -0.25) is 9.47 Å². The van der Waals surface area contributed by atoms with Gasteiger partial charge in [0.15, 0.2) is 5.16 Å². The summed E-state index contributed by atoms with van der Waals surface area (Å²) in [6, 6.07) is 18.7. The molecule has 3 heterocycles. The molecular formula is C28H34N4O2S. The number of piperidine rings is 1. The Morgan fingerprint density at radius 2 is 1.91 bits per heavy atom. The highest BCUT2D eigenvalue weighted by atomic mass is 32.2. The van der Waals surface area contributed by atoms with Crippen molar-refractivity contribution in [2.24, 2.45) is 0 Å². The highest BCUT2D eigenvalue weighted by molar-refractivity contribution is 7.99. The molecule has 0 aliphatic carbocycles. The Bertz CT molecular complexity index is 1100. The van der Waals surface area contributed by atoms with Crippen LogP contribution in [0, 0.1) is 0 Å². The zero-order chi connectivity index (χ0) is 23.9. The monoisotopic (exact) mass is 490 g/mol. The molecule has 0 unspecified atom stereocenters. The summed E-state index contributed by atoms with van der Waals surface area (Å²) < 4.78 is 13.6. The molecule has 0 spiro atoms. The molecule has 3 aromatic rings. The zero-order valence-corrected chi connectivity index (χ0v) is 21.2. The van der Waals surface area contributed by atoms with Crippen LogP contribution in [0.2, 0.25) is 0 Å². The summed E-state index contributed by atoms with van der Waals surface area (Å²) in [7, 11) is 1.71. The van der Waals surface area contributed by atoms with Crippen molar-refractivity contribution in [1.82, 2.24) is 19.7 Å². The van der Waals surface area contributed by atoms with Crippen LogP contribution < -0.4 is 4.74 Å². The van der Waals surface area contributed by atoms with Gasteiger partial charge in [0.05, 0.1) is 18.9 Å². The van der Waals surface area contributed by atoms with Gasteiger partial charge in [0.2, 0.25) is 0 Å². The molecule has 0 N–H and O–H groups in total. The average molecular weight is 491 g/mol. The van der Waals surface area contributed by atoms with Crippen molar-refractivity contribution in [2.45, 2.75) is 42.9 Å². The van der Waals surface area contributed by atoms with Gasteiger partial charge in [0.1, 0.15) is 11.6 Å². The summed E-state index contributed by atoms with van der Waals surface area (Å²) in [5.41, 5.74) is 2.31. The molecule has 6 nitrogen and oxygen atoms in total. The number of hydrogen-bond acceptors (Lipinski definition) is 6. The van der Waals surface area contributed by atoms with Gasteiger partial charge in [0, 0.05) is 30.9 Å². The highest BCUT2D eigenvalue weighted by Gasteiger charge is 2.27. The smallest absolute Gasteiger partial charge is 0.195 e. The normalized spacial score (nSPS) is 19.5. The zero-order valence-electron chi connectivity index (χ0n) is 20.4. The van der Waals surface area contributed by atoms with Gasteiger partial charge in [0.25, 0.3) is 0 Å². The molecule has 1 aromatic heterocycles. The fraction of sp³-hybridized carbons (Fsp3) is 0.429. The molecule has 7 heteroatoms. The van der Waals surface area contributed by atoms with Crippen molar-refractivity contribution in [3.63, 3.8) is 0 Å². The first-order chi connectivity index (χ1) is 17.3. The number of aromatic nitrogens is 3. The fourth-order valence-corrected chi connectivity index (χ4v) is 5.87. The number of thioether (sulfide) groups is 1. The standard InChI is InChI=1S/C28H34N4O2S/c1-33-25-12-5-11-24(20-25)32-27(29-30-28(32)35-21-26-13-7-19-34-26)23-14-17-31(18-15-23)16-6-10-22-8-3-2-4-9-22/h2-6,8-12,20,23,26H,7,13-19,21H2,1H3/b10-6+/t26-/m1/s1. The minimum atomic E-state index is 0.311. The Labute approximate surface area is 212 Å². The van der Waals surface area contributed by atoms with Gasteiger partial charge < -0.3 is 9.47 Å². The maximum atomic E-state index is 5.84. The molecule has 0 saturated carbocycles. The van der Waals surface area contributed by atoms with Crippen molar-refractivity contribution in [2.75, 3.05) is 39.1 Å². The van der Waals surface area contributed by atoms with Crippen LogP contribution in [0.5, 0.6) is 5.75 Å². The van der Waals surface area contributed by atoms with E-state index < -0.39 is 0 Å². The molecule has 0 bridgehead atoms. The average Bonchev–Trinajstić information content (AvgIpc) is 3.59. The molecule has 184 valence electrons. The van der Waals surface area contributed by atoms with Crippen molar-refractivity contribution in [3.8, 4) is 11.4 Å². The molecule has 2 aliphatic heterocycles. The van der Waals surface area contributed by atoms with Crippen molar-refractivity contribution in [1.29, 1.82) is 0 Å². The number of ether oxygens (including phenoxy) is 2. The van der Waals surface area contributed by atoms with Crippen LogP contribution in [-0.2, 0) is 4.74 Å². The second kappa shape index (κ2) is 11.9. The SMILES string of the molecule is COc1cccc(-n2c(SC[C@H]3CCCO3)nnc2C2CCN(C/C=C/c3ccccc3)CC2)c1. The molecular weight excluding hydrogens is 456 g/mol. The Balaban J connectivity index is 1.28. The van der Waals surface area contributed by atoms with E-state index in [2.05, 4.69) is 69.2 Å². The Morgan fingerprint density at radius 3 is 2.69 bits per heavy atom. The van der Waals surface area contributed by atoms with E-state index in [-0.39, 0.29) is 0 Å². The molecule has 1 atom stereocenters. The Morgan fingerprint density at radius 1 is 1.06 bits per heavy atom. The van der Waals surface area contributed by atoms with Crippen molar-refractivity contribution >= 4 is 17.8 Å². The first-order valence-corrected chi connectivity index (χ1v) is 13.6. The van der Waals surface area contributed by atoms with Gasteiger partial charge in [-0.2, -0.15) is 0 Å².